The highest BCUT2D eigenvalue weighted by molar-refractivity contribution is 5.07. The maximum Gasteiger partial charge on any atom is 0.182 e. The van der Waals surface area contributed by atoms with E-state index in [0.29, 0.717) is 5.92 Å². The molecule has 3 heterocycles. The van der Waals surface area contributed by atoms with E-state index < -0.39 is 0 Å². The van der Waals surface area contributed by atoms with Crippen molar-refractivity contribution < 1.29 is 4.74 Å². The molecule has 5 heteroatoms. The van der Waals surface area contributed by atoms with Gasteiger partial charge in [-0.25, -0.2) is 4.98 Å². The molecule has 0 radical (unpaired) electrons. The van der Waals surface area contributed by atoms with Crippen LogP contribution in [0.25, 0.3) is 0 Å². The first-order valence-electron chi connectivity index (χ1n) is 6.55. The van der Waals surface area contributed by atoms with Crippen LogP contribution in [0.3, 0.4) is 0 Å². The van der Waals surface area contributed by atoms with Crippen LogP contribution in [0.1, 0.15) is 50.2 Å². The number of nitrogens with one attached hydrogen (secondary N) is 2. The van der Waals surface area contributed by atoms with Crippen LogP contribution in [0.4, 0.5) is 0 Å². The van der Waals surface area contributed by atoms with Crippen LogP contribution in [0, 0.1) is 0 Å². The Bertz CT molecular complexity index is 378. The maximum atomic E-state index is 5.77. The summed E-state index contributed by atoms with van der Waals surface area (Å²) in [4.78, 5) is 4.66. The lowest BCUT2D eigenvalue weighted by atomic mass is 9.99. The highest BCUT2D eigenvalue weighted by Gasteiger charge is 2.36. The van der Waals surface area contributed by atoms with Crippen LogP contribution in [0.2, 0.25) is 0 Å². The molecule has 0 spiro atoms. The normalized spacial score (nSPS) is 34.1. The predicted molar refractivity (Wildman–Crippen MR) is 63.8 cm³/mol. The van der Waals surface area contributed by atoms with Crippen molar-refractivity contribution in [1.29, 1.82) is 0 Å². The lowest BCUT2D eigenvalue weighted by Gasteiger charge is -2.21. The lowest BCUT2D eigenvalue weighted by molar-refractivity contribution is 0.00956. The Hall–Kier alpha value is -0.940. The van der Waals surface area contributed by atoms with Crippen molar-refractivity contribution in [3.63, 3.8) is 0 Å². The molecule has 2 unspecified atom stereocenters. The minimum atomic E-state index is -0.267. The monoisotopic (exact) mass is 236 g/mol. The van der Waals surface area contributed by atoms with Crippen molar-refractivity contribution in [3.05, 3.63) is 11.6 Å². The summed E-state index contributed by atoms with van der Waals surface area (Å²) >= 11 is 0. The summed E-state index contributed by atoms with van der Waals surface area (Å²) < 4.78 is 5.77. The third-order valence-electron chi connectivity index (χ3n) is 3.88. The Kier molecular flexibility index (Phi) is 2.88. The number of aromatic amines is 1. The second kappa shape index (κ2) is 4.38. The minimum absolute atomic E-state index is 0.267. The molecule has 0 amide bonds. The van der Waals surface area contributed by atoms with Crippen LogP contribution in [-0.2, 0) is 10.3 Å². The van der Waals surface area contributed by atoms with Crippen LogP contribution in [0.5, 0.6) is 0 Å². The number of aromatic nitrogens is 3. The van der Waals surface area contributed by atoms with E-state index in [-0.39, 0.29) is 5.60 Å². The average Bonchev–Trinajstić information content (AvgIpc) is 2.99. The smallest absolute Gasteiger partial charge is 0.182 e. The van der Waals surface area contributed by atoms with E-state index >= 15 is 0 Å². The van der Waals surface area contributed by atoms with Gasteiger partial charge in [0.25, 0.3) is 0 Å². The summed E-state index contributed by atoms with van der Waals surface area (Å²) in [6.07, 6.45) is 4.53. The van der Waals surface area contributed by atoms with Gasteiger partial charge in [-0.1, -0.05) is 0 Å². The van der Waals surface area contributed by atoms with Gasteiger partial charge in [0.1, 0.15) is 11.4 Å². The van der Waals surface area contributed by atoms with Gasteiger partial charge in [0.15, 0.2) is 5.82 Å². The summed E-state index contributed by atoms with van der Waals surface area (Å²) in [5.74, 6) is 2.33. The molecule has 2 aliphatic heterocycles. The van der Waals surface area contributed by atoms with E-state index in [4.69, 9.17) is 4.74 Å². The van der Waals surface area contributed by atoms with Gasteiger partial charge in [0, 0.05) is 19.1 Å². The topological polar surface area (TPSA) is 62.8 Å². The number of ether oxygens (including phenoxy) is 1. The quantitative estimate of drug-likeness (QED) is 0.812. The first kappa shape index (κ1) is 11.2. The molecule has 2 aliphatic rings. The number of rotatable bonds is 2. The van der Waals surface area contributed by atoms with E-state index in [1.807, 2.05) is 0 Å². The molecule has 1 aromatic rings. The molecular formula is C12H20N4O. The molecule has 5 nitrogen and oxygen atoms in total. The fraction of sp³-hybridized carbons (Fsp3) is 0.833. The van der Waals surface area contributed by atoms with Gasteiger partial charge in [-0.15, -0.1) is 0 Å². The molecule has 0 bridgehead atoms. The van der Waals surface area contributed by atoms with Crippen LogP contribution in [-0.4, -0.2) is 34.9 Å². The molecule has 3 rings (SSSR count). The second-order valence-electron chi connectivity index (χ2n) is 5.27. The molecule has 1 aromatic heterocycles. The molecule has 2 saturated heterocycles. The number of hydrogen-bond acceptors (Lipinski definition) is 4. The average molecular weight is 236 g/mol. The van der Waals surface area contributed by atoms with Gasteiger partial charge in [-0.2, -0.15) is 5.10 Å². The molecule has 0 aromatic carbocycles. The zero-order chi connectivity index (χ0) is 11.7. The predicted octanol–water partition coefficient (Wildman–Crippen LogP) is 1.30. The zero-order valence-corrected chi connectivity index (χ0v) is 10.3. The molecule has 2 fully saturated rings. The van der Waals surface area contributed by atoms with Crippen LogP contribution < -0.4 is 5.32 Å². The van der Waals surface area contributed by atoms with Gasteiger partial charge < -0.3 is 10.1 Å². The summed E-state index contributed by atoms with van der Waals surface area (Å²) in [6, 6.07) is 0. The van der Waals surface area contributed by atoms with E-state index in [2.05, 4.69) is 27.4 Å². The molecule has 94 valence electrons. The SMILES string of the molecule is CC1(c2n[nH]c(C3CCCNC3)n2)CCCO1. The first-order chi connectivity index (χ1) is 8.28. The number of hydrogen-bond donors (Lipinski definition) is 2. The summed E-state index contributed by atoms with van der Waals surface area (Å²) in [6.45, 7) is 5.04. The Morgan fingerprint density at radius 2 is 2.35 bits per heavy atom. The Morgan fingerprint density at radius 1 is 1.41 bits per heavy atom. The first-order valence-corrected chi connectivity index (χ1v) is 6.55. The number of piperidine rings is 1. The van der Waals surface area contributed by atoms with Crippen molar-refractivity contribution >= 4 is 0 Å². The Labute approximate surface area is 101 Å². The Balaban J connectivity index is 1.77. The van der Waals surface area contributed by atoms with Crippen LogP contribution >= 0.6 is 0 Å². The van der Waals surface area contributed by atoms with Gasteiger partial charge in [0.05, 0.1) is 0 Å². The molecule has 2 atom stereocenters. The number of nitrogens with zero attached hydrogens (tertiary/aromatic N) is 2. The molecule has 0 saturated carbocycles. The zero-order valence-electron chi connectivity index (χ0n) is 10.3. The highest BCUT2D eigenvalue weighted by Crippen LogP contribution is 2.34. The van der Waals surface area contributed by atoms with Crippen molar-refractivity contribution in [3.8, 4) is 0 Å². The molecule has 17 heavy (non-hydrogen) atoms. The van der Waals surface area contributed by atoms with Crippen molar-refractivity contribution in [1.82, 2.24) is 20.5 Å². The summed E-state index contributed by atoms with van der Waals surface area (Å²) in [5.41, 5.74) is -0.267. The molecular weight excluding hydrogens is 216 g/mol. The van der Waals surface area contributed by atoms with E-state index in [9.17, 15) is 0 Å². The van der Waals surface area contributed by atoms with Gasteiger partial charge >= 0.3 is 0 Å². The van der Waals surface area contributed by atoms with Crippen molar-refractivity contribution in [2.45, 2.75) is 44.1 Å². The van der Waals surface area contributed by atoms with E-state index in [1.165, 1.54) is 12.8 Å². The van der Waals surface area contributed by atoms with E-state index in [0.717, 1.165) is 44.2 Å². The maximum absolute atomic E-state index is 5.77. The number of H-pyrrole nitrogens is 1. The minimum Gasteiger partial charge on any atom is -0.367 e. The third kappa shape index (κ3) is 2.09. The fourth-order valence-corrected chi connectivity index (χ4v) is 2.73. The largest absolute Gasteiger partial charge is 0.367 e. The van der Waals surface area contributed by atoms with Gasteiger partial charge in [0.2, 0.25) is 0 Å². The second-order valence-corrected chi connectivity index (χ2v) is 5.27. The van der Waals surface area contributed by atoms with Crippen molar-refractivity contribution in [2.24, 2.45) is 0 Å². The third-order valence-corrected chi connectivity index (χ3v) is 3.88. The fourth-order valence-electron chi connectivity index (χ4n) is 2.73. The lowest BCUT2D eigenvalue weighted by Crippen LogP contribution is -2.29. The standard InChI is InChI=1S/C12H20N4O/c1-12(5-3-7-17-12)11-14-10(15-16-11)9-4-2-6-13-8-9/h9,13H,2-8H2,1H3,(H,14,15,16). The van der Waals surface area contributed by atoms with Crippen LogP contribution in [0.15, 0.2) is 0 Å². The van der Waals surface area contributed by atoms with E-state index in [1.54, 1.807) is 0 Å². The molecule has 0 aliphatic carbocycles. The highest BCUT2D eigenvalue weighted by atomic mass is 16.5. The summed E-state index contributed by atoms with van der Waals surface area (Å²) in [7, 11) is 0. The van der Waals surface area contributed by atoms with Crippen molar-refractivity contribution in [2.75, 3.05) is 19.7 Å². The van der Waals surface area contributed by atoms with Gasteiger partial charge in [-0.3, -0.25) is 5.10 Å². The molecule has 2 N–H and O–H groups in total. The summed E-state index contributed by atoms with van der Waals surface area (Å²) in [5, 5.41) is 10.9. The Morgan fingerprint density at radius 3 is 3.06 bits per heavy atom. The van der Waals surface area contributed by atoms with Gasteiger partial charge in [-0.05, 0) is 39.2 Å².